The first-order valence-corrected chi connectivity index (χ1v) is 6.01. The molecule has 0 radical (unpaired) electrons. The SMILES string of the molecule is OC1CCCN(CC2(O)CCNCC2)C1. The molecule has 4 nitrogen and oxygen atoms in total. The van der Waals surface area contributed by atoms with Gasteiger partial charge in [0.1, 0.15) is 0 Å². The molecule has 0 amide bonds. The molecule has 0 bridgehead atoms. The molecule has 0 saturated carbocycles. The molecule has 0 aromatic heterocycles. The molecule has 2 heterocycles. The van der Waals surface area contributed by atoms with E-state index in [9.17, 15) is 10.2 Å². The number of nitrogens with zero attached hydrogens (tertiary/aromatic N) is 1. The minimum Gasteiger partial charge on any atom is -0.392 e. The largest absolute Gasteiger partial charge is 0.392 e. The predicted molar refractivity (Wildman–Crippen MR) is 58.7 cm³/mol. The van der Waals surface area contributed by atoms with E-state index in [0.29, 0.717) is 0 Å². The lowest BCUT2D eigenvalue weighted by Crippen LogP contribution is -2.52. The molecular formula is C11H22N2O2. The molecule has 3 N–H and O–H groups in total. The van der Waals surface area contributed by atoms with E-state index in [-0.39, 0.29) is 6.10 Å². The van der Waals surface area contributed by atoms with Gasteiger partial charge in [-0.2, -0.15) is 0 Å². The van der Waals surface area contributed by atoms with E-state index < -0.39 is 5.60 Å². The summed E-state index contributed by atoms with van der Waals surface area (Å²) in [5.41, 5.74) is -0.525. The van der Waals surface area contributed by atoms with Crippen LogP contribution < -0.4 is 5.32 Å². The summed E-state index contributed by atoms with van der Waals surface area (Å²) < 4.78 is 0. The van der Waals surface area contributed by atoms with Gasteiger partial charge in [0.15, 0.2) is 0 Å². The van der Waals surface area contributed by atoms with Gasteiger partial charge in [-0.15, -0.1) is 0 Å². The van der Waals surface area contributed by atoms with Gasteiger partial charge in [0, 0.05) is 13.1 Å². The van der Waals surface area contributed by atoms with E-state index in [1.165, 1.54) is 0 Å². The van der Waals surface area contributed by atoms with Gasteiger partial charge in [-0.05, 0) is 45.3 Å². The lowest BCUT2D eigenvalue weighted by Gasteiger charge is -2.39. The van der Waals surface area contributed by atoms with Crippen molar-refractivity contribution < 1.29 is 10.2 Å². The zero-order chi connectivity index (χ0) is 10.7. The number of hydrogen-bond acceptors (Lipinski definition) is 4. The molecule has 0 aromatic carbocycles. The quantitative estimate of drug-likeness (QED) is 0.583. The fourth-order valence-corrected chi connectivity index (χ4v) is 2.64. The van der Waals surface area contributed by atoms with Gasteiger partial charge >= 0.3 is 0 Å². The molecule has 2 aliphatic heterocycles. The third-order valence-corrected chi connectivity index (χ3v) is 3.53. The topological polar surface area (TPSA) is 55.7 Å². The van der Waals surface area contributed by atoms with Crippen molar-refractivity contribution in [2.75, 3.05) is 32.7 Å². The summed E-state index contributed by atoms with van der Waals surface area (Å²) in [6.45, 7) is 4.30. The molecular weight excluding hydrogens is 192 g/mol. The van der Waals surface area contributed by atoms with E-state index >= 15 is 0 Å². The monoisotopic (exact) mass is 214 g/mol. The molecule has 0 aromatic rings. The fraction of sp³-hybridized carbons (Fsp3) is 1.00. The number of nitrogens with one attached hydrogen (secondary N) is 1. The van der Waals surface area contributed by atoms with Crippen LogP contribution in [0.15, 0.2) is 0 Å². The van der Waals surface area contributed by atoms with Crippen LogP contribution in [0.5, 0.6) is 0 Å². The van der Waals surface area contributed by atoms with Gasteiger partial charge in [-0.25, -0.2) is 0 Å². The van der Waals surface area contributed by atoms with E-state index in [1.807, 2.05) is 0 Å². The van der Waals surface area contributed by atoms with E-state index in [0.717, 1.165) is 58.4 Å². The van der Waals surface area contributed by atoms with E-state index in [1.54, 1.807) is 0 Å². The maximum atomic E-state index is 10.3. The summed E-state index contributed by atoms with van der Waals surface area (Å²) in [5.74, 6) is 0. The molecule has 4 heteroatoms. The van der Waals surface area contributed by atoms with Crippen molar-refractivity contribution >= 4 is 0 Å². The highest BCUT2D eigenvalue weighted by Gasteiger charge is 2.32. The standard InChI is InChI=1S/C11H22N2O2/c14-10-2-1-7-13(8-10)9-11(15)3-5-12-6-4-11/h10,12,14-15H,1-9H2. The van der Waals surface area contributed by atoms with Crippen molar-refractivity contribution in [1.29, 1.82) is 0 Å². The Labute approximate surface area is 91.3 Å². The average molecular weight is 214 g/mol. The second-order valence-electron chi connectivity index (χ2n) is 5.01. The second-order valence-corrected chi connectivity index (χ2v) is 5.01. The number of aliphatic hydroxyl groups is 2. The number of rotatable bonds is 2. The summed E-state index contributed by atoms with van der Waals surface area (Å²) in [7, 11) is 0. The first-order valence-electron chi connectivity index (χ1n) is 6.01. The summed E-state index contributed by atoms with van der Waals surface area (Å²) >= 11 is 0. The van der Waals surface area contributed by atoms with Crippen LogP contribution in [0.4, 0.5) is 0 Å². The summed E-state index contributed by atoms with van der Waals surface area (Å²) in [4.78, 5) is 2.21. The van der Waals surface area contributed by atoms with Crippen LogP contribution in [0.25, 0.3) is 0 Å². The first-order chi connectivity index (χ1) is 7.18. The van der Waals surface area contributed by atoms with Gasteiger partial charge in [0.2, 0.25) is 0 Å². The minimum absolute atomic E-state index is 0.191. The van der Waals surface area contributed by atoms with Gasteiger partial charge in [0.25, 0.3) is 0 Å². The van der Waals surface area contributed by atoms with Crippen molar-refractivity contribution in [3.05, 3.63) is 0 Å². The van der Waals surface area contributed by atoms with Gasteiger partial charge in [-0.1, -0.05) is 0 Å². The molecule has 0 spiro atoms. The third kappa shape index (κ3) is 3.14. The molecule has 2 rings (SSSR count). The Balaban J connectivity index is 1.83. The molecule has 2 fully saturated rings. The Hall–Kier alpha value is -0.160. The highest BCUT2D eigenvalue weighted by atomic mass is 16.3. The number of hydrogen-bond donors (Lipinski definition) is 3. The highest BCUT2D eigenvalue weighted by molar-refractivity contribution is 4.88. The maximum absolute atomic E-state index is 10.3. The predicted octanol–water partition coefficient (Wildman–Crippen LogP) is -0.442. The molecule has 15 heavy (non-hydrogen) atoms. The second kappa shape index (κ2) is 4.78. The number of aliphatic hydroxyl groups excluding tert-OH is 1. The third-order valence-electron chi connectivity index (χ3n) is 3.53. The van der Waals surface area contributed by atoms with Crippen LogP contribution in [0.3, 0.4) is 0 Å². The Morgan fingerprint density at radius 3 is 2.73 bits per heavy atom. The van der Waals surface area contributed by atoms with Gasteiger partial charge in [0.05, 0.1) is 11.7 Å². The molecule has 1 atom stereocenters. The van der Waals surface area contributed by atoms with Gasteiger partial charge < -0.3 is 15.5 Å². The van der Waals surface area contributed by atoms with E-state index in [4.69, 9.17) is 0 Å². The molecule has 88 valence electrons. The Bertz CT molecular complexity index is 205. The number of β-amino-alcohol motifs (C(OH)–C–C–N with tert-alkyl or cyclic N) is 2. The summed E-state index contributed by atoms with van der Waals surface area (Å²) in [6.07, 6.45) is 3.44. The van der Waals surface area contributed by atoms with Crippen LogP contribution in [-0.4, -0.2) is 59.5 Å². The molecule has 1 unspecified atom stereocenters. The Morgan fingerprint density at radius 2 is 2.07 bits per heavy atom. The van der Waals surface area contributed by atoms with Crippen molar-refractivity contribution in [2.24, 2.45) is 0 Å². The van der Waals surface area contributed by atoms with Crippen LogP contribution in [0.2, 0.25) is 0 Å². The molecule has 2 aliphatic rings. The Kier molecular flexibility index (Phi) is 3.61. The number of piperidine rings is 2. The van der Waals surface area contributed by atoms with Crippen LogP contribution >= 0.6 is 0 Å². The minimum atomic E-state index is -0.525. The first kappa shape index (κ1) is 11.3. The maximum Gasteiger partial charge on any atom is 0.0798 e. The highest BCUT2D eigenvalue weighted by Crippen LogP contribution is 2.21. The molecule has 2 saturated heterocycles. The van der Waals surface area contributed by atoms with Crippen molar-refractivity contribution in [3.8, 4) is 0 Å². The summed E-state index contributed by atoms with van der Waals surface area (Å²) in [6, 6.07) is 0. The van der Waals surface area contributed by atoms with Crippen LogP contribution in [0.1, 0.15) is 25.7 Å². The fourth-order valence-electron chi connectivity index (χ4n) is 2.64. The average Bonchev–Trinajstić information content (AvgIpc) is 2.18. The van der Waals surface area contributed by atoms with Crippen molar-refractivity contribution in [1.82, 2.24) is 10.2 Å². The van der Waals surface area contributed by atoms with Crippen LogP contribution in [-0.2, 0) is 0 Å². The zero-order valence-electron chi connectivity index (χ0n) is 9.28. The summed E-state index contributed by atoms with van der Waals surface area (Å²) in [5, 5.41) is 23.2. The lowest BCUT2D eigenvalue weighted by molar-refractivity contribution is -0.0386. The smallest absolute Gasteiger partial charge is 0.0798 e. The molecule has 0 aliphatic carbocycles. The van der Waals surface area contributed by atoms with Crippen molar-refractivity contribution in [2.45, 2.75) is 37.4 Å². The van der Waals surface area contributed by atoms with Gasteiger partial charge in [-0.3, -0.25) is 4.90 Å². The zero-order valence-corrected chi connectivity index (χ0v) is 9.28. The lowest BCUT2D eigenvalue weighted by atomic mass is 9.91. The van der Waals surface area contributed by atoms with E-state index in [2.05, 4.69) is 10.2 Å². The van der Waals surface area contributed by atoms with Crippen molar-refractivity contribution in [3.63, 3.8) is 0 Å². The Morgan fingerprint density at radius 1 is 1.33 bits per heavy atom. The number of likely N-dealkylation sites (tertiary alicyclic amines) is 1. The normalized spacial score (nSPS) is 32.8. The van der Waals surface area contributed by atoms with Crippen LogP contribution in [0, 0.1) is 0 Å².